The molecule has 5 rings (SSSR count). The van der Waals surface area contributed by atoms with Gasteiger partial charge >= 0.3 is 6.09 Å². The van der Waals surface area contributed by atoms with Crippen LogP contribution in [0.5, 0.6) is 11.5 Å². The van der Waals surface area contributed by atoms with Crippen LogP contribution in [0.3, 0.4) is 0 Å². The number of amides is 1. The number of piperidine rings is 1. The number of hydrogen-bond acceptors (Lipinski definition) is 4. The lowest BCUT2D eigenvalue weighted by molar-refractivity contribution is 0.194. The molecule has 1 heterocycles. The third-order valence-corrected chi connectivity index (χ3v) is 8.28. The Morgan fingerprint density at radius 1 is 0.923 bits per heavy atom. The van der Waals surface area contributed by atoms with Crippen molar-refractivity contribution in [3.8, 4) is 11.5 Å². The fraction of sp³-hybridized carbons (Fsp3) is 0.387. The molecule has 3 aromatic carbocycles. The summed E-state index contributed by atoms with van der Waals surface area (Å²) in [6, 6.07) is 22.3. The second-order valence-corrected chi connectivity index (χ2v) is 10.9. The summed E-state index contributed by atoms with van der Waals surface area (Å²) in [7, 11) is 3.08. The van der Waals surface area contributed by atoms with Gasteiger partial charge in [0.2, 0.25) is 0 Å². The molecule has 1 aliphatic heterocycles. The van der Waals surface area contributed by atoms with Crippen LogP contribution in [0.15, 0.2) is 66.7 Å². The zero-order valence-corrected chi connectivity index (χ0v) is 23.9. The molecule has 0 radical (unpaired) electrons. The molecular weight excluding hydrogens is 535 g/mol. The third kappa shape index (κ3) is 8.28. The second-order valence-electron chi connectivity index (χ2n) is 10.1. The lowest BCUT2D eigenvalue weighted by Gasteiger charge is -2.32. The number of ether oxygens (including phenoxy) is 2. The monoisotopic (exact) mass is 570 g/mol. The summed E-state index contributed by atoms with van der Waals surface area (Å²) >= 11 is 12.2. The van der Waals surface area contributed by atoms with Crippen molar-refractivity contribution < 1.29 is 19.4 Å². The molecule has 2 fully saturated rings. The number of nitrogens with zero attached hydrogens (tertiary/aromatic N) is 1. The van der Waals surface area contributed by atoms with Crippen molar-refractivity contribution in [1.82, 2.24) is 10.2 Å². The first-order chi connectivity index (χ1) is 18.9. The van der Waals surface area contributed by atoms with Gasteiger partial charge < -0.3 is 24.8 Å². The quantitative estimate of drug-likeness (QED) is 0.294. The van der Waals surface area contributed by atoms with E-state index < -0.39 is 6.09 Å². The summed E-state index contributed by atoms with van der Waals surface area (Å²) < 4.78 is 10.1. The topological polar surface area (TPSA) is 71.0 Å². The van der Waals surface area contributed by atoms with Crippen LogP contribution in [0.4, 0.5) is 4.79 Å². The highest BCUT2D eigenvalue weighted by molar-refractivity contribution is 6.42. The Hall–Kier alpha value is -2.93. The van der Waals surface area contributed by atoms with Gasteiger partial charge in [-0.25, -0.2) is 4.79 Å². The van der Waals surface area contributed by atoms with Crippen molar-refractivity contribution >= 4 is 29.3 Å². The number of nitrogens with one attached hydrogen (secondary N) is 1. The maximum Gasteiger partial charge on any atom is 0.404 e. The van der Waals surface area contributed by atoms with Gasteiger partial charge in [-0.1, -0.05) is 65.7 Å². The van der Waals surface area contributed by atoms with Gasteiger partial charge in [-0.15, -0.1) is 0 Å². The van der Waals surface area contributed by atoms with E-state index in [1.807, 2.05) is 6.07 Å². The smallest absolute Gasteiger partial charge is 0.404 e. The predicted octanol–water partition coefficient (Wildman–Crippen LogP) is 7.45. The lowest BCUT2D eigenvalue weighted by atomic mass is 9.89. The Kier molecular flexibility index (Phi) is 10.4. The molecule has 1 amide bonds. The van der Waals surface area contributed by atoms with Crippen molar-refractivity contribution in [1.29, 1.82) is 0 Å². The third-order valence-electron chi connectivity index (χ3n) is 7.54. The Morgan fingerprint density at radius 3 is 2.28 bits per heavy atom. The zero-order valence-electron chi connectivity index (χ0n) is 22.4. The van der Waals surface area contributed by atoms with Gasteiger partial charge in [-0.05, 0) is 91.1 Å². The van der Waals surface area contributed by atoms with Crippen molar-refractivity contribution in [2.45, 2.75) is 37.6 Å². The van der Waals surface area contributed by atoms with Crippen molar-refractivity contribution in [3.63, 3.8) is 0 Å². The van der Waals surface area contributed by atoms with Gasteiger partial charge in [0, 0.05) is 13.1 Å². The summed E-state index contributed by atoms with van der Waals surface area (Å²) in [5.41, 5.74) is 3.68. The maximum absolute atomic E-state index is 10.3. The minimum Gasteiger partial charge on any atom is -0.493 e. The first-order valence-corrected chi connectivity index (χ1v) is 14.0. The van der Waals surface area contributed by atoms with E-state index in [1.165, 1.54) is 57.1 Å². The highest BCUT2D eigenvalue weighted by Gasteiger charge is 2.39. The van der Waals surface area contributed by atoms with Crippen LogP contribution < -0.4 is 14.8 Å². The van der Waals surface area contributed by atoms with Crippen LogP contribution in [-0.4, -0.2) is 50.0 Å². The molecule has 0 spiro atoms. The predicted molar refractivity (Wildman–Crippen MR) is 157 cm³/mol. The number of hydrogen-bond donors (Lipinski definition) is 2. The average molecular weight is 572 g/mol. The molecule has 2 N–H and O–H groups in total. The summed E-state index contributed by atoms with van der Waals surface area (Å²) in [4.78, 5) is 12.9. The normalized spacial score (nSPS) is 19.0. The Balaban J connectivity index is 0.000000204. The number of methoxy groups -OCH3 is 2. The number of benzene rings is 3. The SMILES string of the molecule is COc1ccc(CNC(=O)O)cc1OC.Clc1ccc([C@H]2C[C@H]2CN2CCC(c3ccccc3)CC2)cc1Cl. The highest BCUT2D eigenvalue weighted by Crippen LogP contribution is 2.49. The molecule has 0 unspecified atom stereocenters. The largest absolute Gasteiger partial charge is 0.493 e. The van der Waals surface area contributed by atoms with E-state index in [2.05, 4.69) is 52.7 Å². The molecule has 6 nitrogen and oxygen atoms in total. The van der Waals surface area contributed by atoms with Crippen LogP contribution in [0, 0.1) is 5.92 Å². The molecule has 1 aliphatic carbocycles. The molecule has 208 valence electrons. The summed E-state index contributed by atoms with van der Waals surface area (Å²) in [6.07, 6.45) is 2.81. The minimum atomic E-state index is -1.05. The molecule has 2 aliphatic rings. The van der Waals surface area contributed by atoms with E-state index in [4.69, 9.17) is 37.8 Å². The van der Waals surface area contributed by atoms with E-state index in [1.54, 1.807) is 25.3 Å². The summed E-state index contributed by atoms with van der Waals surface area (Å²) in [6.45, 7) is 3.93. The lowest BCUT2D eigenvalue weighted by Crippen LogP contribution is -2.34. The Labute approximate surface area is 240 Å². The molecule has 2 atom stereocenters. The van der Waals surface area contributed by atoms with Crippen LogP contribution in [-0.2, 0) is 6.54 Å². The molecule has 0 aromatic heterocycles. The summed E-state index contributed by atoms with van der Waals surface area (Å²) in [5, 5.41) is 12.0. The van der Waals surface area contributed by atoms with Crippen LogP contribution in [0.2, 0.25) is 10.0 Å². The summed E-state index contributed by atoms with van der Waals surface area (Å²) in [5.74, 6) is 3.41. The molecule has 1 saturated heterocycles. The Bertz CT molecular complexity index is 1230. The number of rotatable bonds is 8. The van der Waals surface area contributed by atoms with E-state index in [0.717, 1.165) is 17.4 Å². The fourth-order valence-corrected chi connectivity index (χ4v) is 5.58. The molecule has 1 saturated carbocycles. The average Bonchev–Trinajstić information content (AvgIpc) is 3.73. The number of halogens is 2. The maximum atomic E-state index is 10.3. The van der Waals surface area contributed by atoms with Gasteiger partial charge in [-0.2, -0.15) is 0 Å². The van der Waals surface area contributed by atoms with Crippen molar-refractivity contribution in [2.75, 3.05) is 33.9 Å². The number of likely N-dealkylation sites (tertiary alicyclic amines) is 1. The van der Waals surface area contributed by atoms with Gasteiger partial charge in [0.15, 0.2) is 11.5 Å². The van der Waals surface area contributed by atoms with E-state index in [9.17, 15) is 4.79 Å². The Morgan fingerprint density at radius 2 is 1.64 bits per heavy atom. The second kappa shape index (κ2) is 13.9. The highest BCUT2D eigenvalue weighted by atomic mass is 35.5. The van der Waals surface area contributed by atoms with Crippen molar-refractivity contribution in [2.24, 2.45) is 5.92 Å². The number of carboxylic acid groups (broad SMARTS) is 1. The molecule has 39 heavy (non-hydrogen) atoms. The van der Waals surface area contributed by atoms with Gasteiger partial charge in [0.25, 0.3) is 0 Å². The first-order valence-electron chi connectivity index (χ1n) is 13.3. The number of carbonyl (C=O) groups is 1. The van der Waals surface area contributed by atoms with Crippen molar-refractivity contribution in [3.05, 3.63) is 93.5 Å². The van der Waals surface area contributed by atoms with Crippen LogP contribution >= 0.6 is 23.2 Å². The molecule has 3 aromatic rings. The van der Waals surface area contributed by atoms with E-state index in [-0.39, 0.29) is 6.54 Å². The van der Waals surface area contributed by atoms with Crippen LogP contribution in [0.1, 0.15) is 47.8 Å². The van der Waals surface area contributed by atoms with E-state index in [0.29, 0.717) is 27.5 Å². The van der Waals surface area contributed by atoms with Gasteiger partial charge in [0.05, 0.1) is 24.3 Å². The standard InChI is InChI=1S/C21H23Cl2N.C10H13NO4/c22-20-7-6-17(13-21(20)23)19-12-18(19)14-24-10-8-16(9-11-24)15-4-2-1-3-5-15;1-14-8-4-3-7(5-9(8)15-2)6-11-10(12)13/h1-7,13,16,18-19H,8-12,14H2;3-5,11H,6H2,1-2H3,(H,12,13)/t18-,19+;/m0./s1. The minimum absolute atomic E-state index is 0.246. The molecule has 0 bridgehead atoms. The van der Waals surface area contributed by atoms with Crippen LogP contribution in [0.25, 0.3) is 0 Å². The molecular formula is C31H36Cl2N2O4. The first kappa shape index (κ1) is 29.1. The fourth-order valence-electron chi connectivity index (χ4n) is 5.27. The van der Waals surface area contributed by atoms with Gasteiger partial charge in [0.1, 0.15) is 0 Å². The van der Waals surface area contributed by atoms with Gasteiger partial charge in [-0.3, -0.25) is 0 Å². The zero-order chi connectivity index (χ0) is 27.8. The molecule has 8 heteroatoms. The van der Waals surface area contributed by atoms with E-state index >= 15 is 0 Å².